The second-order valence-electron chi connectivity index (χ2n) is 3.98. The van der Waals surface area contributed by atoms with Gasteiger partial charge in [-0.1, -0.05) is 6.07 Å². The highest BCUT2D eigenvalue weighted by Gasteiger charge is 2.08. The molecule has 0 saturated carbocycles. The van der Waals surface area contributed by atoms with Crippen LogP contribution in [0.5, 0.6) is 0 Å². The normalized spacial score (nSPS) is 12.1. The second-order valence-corrected chi connectivity index (χ2v) is 4.96. The van der Waals surface area contributed by atoms with Crippen molar-refractivity contribution in [2.24, 2.45) is 0 Å². The predicted octanol–water partition coefficient (Wildman–Crippen LogP) is 1.86. The number of nitrogens with zero attached hydrogens (tertiary/aromatic N) is 2. The molecule has 0 aliphatic rings. The van der Waals surface area contributed by atoms with E-state index in [0.29, 0.717) is 0 Å². The molecule has 6 heteroatoms. The molecule has 0 aliphatic carbocycles. The van der Waals surface area contributed by atoms with E-state index in [9.17, 15) is 4.79 Å². The van der Waals surface area contributed by atoms with E-state index in [4.69, 9.17) is 0 Å². The Morgan fingerprint density at radius 1 is 1.61 bits per heavy atom. The predicted molar refractivity (Wildman–Crippen MR) is 72.7 cm³/mol. The third kappa shape index (κ3) is 3.10. The maximum atomic E-state index is 11.2. The molecule has 1 atom stereocenters. The van der Waals surface area contributed by atoms with Crippen LogP contribution in [0.15, 0.2) is 29.9 Å². The van der Waals surface area contributed by atoms with Crippen LogP contribution in [0.2, 0.25) is 0 Å². The van der Waals surface area contributed by atoms with Crippen molar-refractivity contribution in [3.63, 3.8) is 0 Å². The fraction of sp³-hybridized carbons (Fsp3) is 0.333. The zero-order valence-corrected chi connectivity index (χ0v) is 11.2. The molecule has 1 unspecified atom stereocenters. The summed E-state index contributed by atoms with van der Waals surface area (Å²) in [5, 5.41) is 12.1. The summed E-state index contributed by atoms with van der Waals surface area (Å²) in [5.74, 6) is -0.0593. The number of hydrogen-bond donors (Lipinski definition) is 2. The van der Waals surface area contributed by atoms with Gasteiger partial charge in [-0.2, -0.15) is 5.10 Å². The molecule has 0 spiro atoms. The van der Waals surface area contributed by atoms with Gasteiger partial charge < -0.3 is 10.6 Å². The molecule has 2 aromatic heterocycles. The minimum Gasteiger partial charge on any atom is -0.375 e. The number of nitrogens with one attached hydrogen (secondary N) is 2. The molecular weight excluding hydrogens is 248 g/mol. The molecule has 96 valence electrons. The number of likely N-dealkylation sites (N-methyl/N-ethyl adjacent to an activating group) is 1. The minimum absolute atomic E-state index is 0.0593. The molecule has 2 N–H and O–H groups in total. The summed E-state index contributed by atoms with van der Waals surface area (Å²) in [7, 11) is 1.61. The number of rotatable bonds is 5. The van der Waals surface area contributed by atoms with Crippen molar-refractivity contribution >= 4 is 22.9 Å². The SMILES string of the molecule is CNC(=O)Cn1cc(NC(C)c2cccs2)cn1. The summed E-state index contributed by atoms with van der Waals surface area (Å²) < 4.78 is 1.61. The van der Waals surface area contributed by atoms with Gasteiger partial charge in [-0.25, -0.2) is 0 Å². The van der Waals surface area contributed by atoms with Crippen LogP contribution in [0.1, 0.15) is 17.8 Å². The number of aromatic nitrogens is 2. The quantitative estimate of drug-likeness (QED) is 0.866. The molecule has 0 radical (unpaired) electrons. The molecule has 18 heavy (non-hydrogen) atoms. The van der Waals surface area contributed by atoms with E-state index in [-0.39, 0.29) is 18.5 Å². The first-order valence-electron chi connectivity index (χ1n) is 5.72. The van der Waals surface area contributed by atoms with Crippen LogP contribution in [0.4, 0.5) is 5.69 Å². The van der Waals surface area contributed by atoms with Gasteiger partial charge in [0.1, 0.15) is 6.54 Å². The smallest absolute Gasteiger partial charge is 0.241 e. The van der Waals surface area contributed by atoms with Gasteiger partial charge >= 0.3 is 0 Å². The summed E-state index contributed by atoms with van der Waals surface area (Å²) in [6.45, 7) is 2.34. The molecule has 2 rings (SSSR count). The Balaban J connectivity index is 1.96. The van der Waals surface area contributed by atoms with E-state index in [1.165, 1.54) is 4.88 Å². The Morgan fingerprint density at radius 3 is 3.11 bits per heavy atom. The topological polar surface area (TPSA) is 59.0 Å². The third-order valence-corrected chi connectivity index (χ3v) is 3.63. The summed E-state index contributed by atoms with van der Waals surface area (Å²) in [5.41, 5.74) is 0.916. The Morgan fingerprint density at radius 2 is 2.44 bits per heavy atom. The fourth-order valence-corrected chi connectivity index (χ4v) is 2.34. The number of amides is 1. The van der Waals surface area contributed by atoms with E-state index >= 15 is 0 Å². The second kappa shape index (κ2) is 5.68. The highest BCUT2D eigenvalue weighted by Crippen LogP contribution is 2.22. The van der Waals surface area contributed by atoms with Crippen molar-refractivity contribution in [3.8, 4) is 0 Å². The Kier molecular flexibility index (Phi) is 3.99. The molecule has 0 aromatic carbocycles. The van der Waals surface area contributed by atoms with Crippen LogP contribution < -0.4 is 10.6 Å². The zero-order chi connectivity index (χ0) is 13.0. The number of hydrogen-bond acceptors (Lipinski definition) is 4. The molecular formula is C12H16N4OS. The fourth-order valence-electron chi connectivity index (χ4n) is 1.61. The maximum absolute atomic E-state index is 11.2. The first kappa shape index (κ1) is 12.6. The number of carbonyl (C=O) groups is 1. The molecule has 5 nitrogen and oxygen atoms in total. The molecule has 0 bridgehead atoms. The van der Waals surface area contributed by atoms with Crippen LogP contribution in [0, 0.1) is 0 Å². The average molecular weight is 264 g/mol. The molecule has 2 heterocycles. The summed E-state index contributed by atoms with van der Waals surface area (Å²) in [6.07, 6.45) is 3.56. The van der Waals surface area contributed by atoms with Crippen LogP contribution in [0.25, 0.3) is 0 Å². The average Bonchev–Trinajstić information content (AvgIpc) is 3.00. The van der Waals surface area contributed by atoms with Gasteiger partial charge in [-0.15, -0.1) is 11.3 Å². The van der Waals surface area contributed by atoms with E-state index in [2.05, 4.69) is 34.1 Å². The third-order valence-electron chi connectivity index (χ3n) is 2.57. The van der Waals surface area contributed by atoms with Crippen LogP contribution in [-0.2, 0) is 11.3 Å². The Bertz CT molecular complexity index is 506. The Hall–Kier alpha value is -1.82. The molecule has 0 fully saturated rings. The van der Waals surface area contributed by atoms with Crippen LogP contribution in [-0.4, -0.2) is 22.7 Å². The highest BCUT2D eigenvalue weighted by molar-refractivity contribution is 7.10. The molecule has 2 aromatic rings. The standard InChI is InChI=1S/C12H16N4OS/c1-9(11-4-3-5-18-11)15-10-6-14-16(7-10)8-12(17)13-2/h3-7,9,15H,8H2,1-2H3,(H,13,17). The minimum atomic E-state index is -0.0593. The largest absolute Gasteiger partial charge is 0.375 e. The van der Waals surface area contributed by atoms with Gasteiger partial charge in [0, 0.05) is 18.1 Å². The van der Waals surface area contributed by atoms with Crippen molar-refractivity contribution in [1.29, 1.82) is 0 Å². The lowest BCUT2D eigenvalue weighted by atomic mass is 10.3. The summed E-state index contributed by atoms with van der Waals surface area (Å²) >= 11 is 1.72. The summed E-state index contributed by atoms with van der Waals surface area (Å²) in [4.78, 5) is 12.5. The monoisotopic (exact) mass is 264 g/mol. The van der Waals surface area contributed by atoms with E-state index in [1.807, 2.05) is 12.3 Å². The Labute approximate surface area is 110 Å². The van der Waals surface area contributed by atoms with Crippen molar-refractivity contribution < 1.29 is 4.79 Å². The van der Waals surface area contributed by atoms with Gasteiger partial charge in [0.25, 0.3) is 0 Å². The van der Waals surface area contributed by atoms with Crippen molar-refractivity contribution in [2.45, 2.75) is 19.5 Å². The van der Waals surface area contributed by atoms with E-state index in [1.54, 1.807) is 29.3 Å². The lowest BCUT2D eigenvalue weighted by molar-refractivity contribution is -0.121. The van der Waals surface area contributed by atoms with Gasteiger partial charge in [0.15, 0.2) is 0 Å². The number of thiophene rings is 1. The van der Waals surface area contributed by atoms with Gasteiger partial charge in [-0.3, -0.25) is 9.48 Å². The molecule has 1 amide bonds. The first-order valence-corrected chi connectivity index (χ1v) is 6.60. The highest BCUT2D eigenvalue weighted by atomic mass is 32.1. The van der Waals surface area contributed by atoms with Gasteiger partial charge in [0.05, 0.1) is 17.9 Å². The first-order chi connectivity index (χ1) is 8.69. The molecule has 0 aliphatic heterocycles. The lowest BCUT2D eigenvalue weighted by Crippen LogP contribution is -2.23. The van der Waals surface area contributed by atoms with Crippen LogP contribution in [0.3, 0.4) is 0 Å². The van der Waals surface area contributed by atoms with Gasteiger partial charge in [-0.05, 0) is 18.4 Å². The zero-order valence-electron chi connectivity index (χ0n) is 10.4. The lowest BCUT2D eigenvalue weighted by Gasteiger charge is -2.11. The molecule has 0 saturated heterocycles. The van der Waals surface area contributed by atoms with E-state index < -0.39 is 0 Å². The van der Waals surface area contributed by atoms with Crippen molar-refractivity contribution in [2.75, 3.05) is 12.4 Å². The van der Waals surface area contributed by atoms with Crippen molar-refractivity contribution in [1.82, 2.24) is 15.1 Å². The van der Waals surface area contributed by atoms with Crippen LogP contribution >= 0.6 is 11.3 Å². The maximum Gasteiger partial charge on any atom is 0.241 e. The summed E-state index contributed by atoms with van der Waals surface area (Å²) in [6, 6.07) is 4.37. The van der Waals surface area contributed by atoms with E-state index in [0.717, 1.165) is 5.69 Å². The van der Waals surface area contributed by atoms with Gasteiger partial charge in [0.2, 0.25) is 5.91 Å². The van der Waals surface area contributed by atoms with Crippen molar-refractivity contribution in [3.05, 3.63) is 34.8 Å². The number of carbonyl (C=O) groups excluding carboxylic acids is 1. The number of anilines is 1.